The van der Waals surface area contributed by atoms with Gasteiger partial charge in [-0.2, -0.15) is 0 Å². The molecule has 0 radical (unpaired) electrons. The van der Waals surface area contributed by atoms with Crippen LogP contribution in [0.4, 0.5) is 5.69 Å². The summed E-state index contributed by atoms with van der Waals surface area (Å²) in [7, 11) is 0. The van der Waals surface area contributed by atoms with E-state index in [1.54, 1.807) is 41.2 Å². The number of nitro groups is 1. The van der Waals surface area contributed by atoms with Crippen molar-refractivity contribution in [2.24, 2.45) is 0 Å². The minimum atomic E-state index is -0.396. The van der Waals surface area contributed by atoms with Gasteiger partial charge in [-0.1, -0.05) is 18.2 Å². The molecule has 0 unspecified atom stereocenters. The van der Waals surface area contributed by atoms with Gasteiger partial charge >= 0.3 is 0 Å². The average Bonchev–Trinajstić information content (AvgIpc) is 3.33. The largest absolute Gasteiger partial charge is 0.489 e. The van der Waals surface area contributed by atoms with Crippen LogP contribution in [0.5, 0.6) is 5.75 Å². The predicted octanol–water partition coefficient (Wildman–Crippen LogP) is 5.42. The lowest BCUT2D eigenvalue weighted by Gasteiger charge is -2.08. The highest BCUT2D eigenvalue weighted by molar-refractivity contribution is 7.18. The lowest BCUT2D eigenvalue weighted by atomic mass is 10.1. The molecule has 0 aliphatic carbocycles. The van der Waals surface area contributed by atoms with Gasteiger partial charge in [-0.3, -0.25) is 10.1 Å². The lowest BCUT2D eigenvalue weighted by molar-refractivity contribution is -0.385. The fourth-order valence-corrected chi connectivity index (χ4v) is 4.65. The summed E-state index contributed by atoms with van der Waals surface area (Å²) in [6.07, 6.45) is 1.70. The van der Waals surface area contributed by atoms with Crippen molar-refractivity contribution in [2.45, 2.75) is 27.4 Å². The SMILES string of the molecule is Cc1cc(OCc2cccc(-c3nc4c5c(C)c(C)sc5ncn4n3)c2)ccc1[N+](=O)[O-]. The first-order chi connectivity index (χ1) is 15.4. The minimum absolute atomic E-state index is 0.0805. The van der Waals surface area contributed by atoms with Crippen LogP contribution in [-0.4, -0.2) is 24.5 Å². The topological polar surface area (TPSA) is 95.5 Å². The number of thiophene rings is 1. The molecule has 3 heterocycles. The molecule has 2 aromatic carbocycles. The van der Waals surface area contributed by atoms with Crippen molar-refractivity contribution >= 4 is 32.9 Å². The highest BCUT2D eigenvalue weighted by Crippen LogP contribution is 2.32. The molecular weight excluding hydrogens is 426 g/mol. The number of rotatable bonds is 5. The molecule has 0 N–H and O–H groups in total. The summed E-state index contributed by atoms with van der Waals surface area (Å²) < 4.78 is 7.58. The third-order valence-electron chi connectivity index (χ3n) is 5.46. The molecule has 9 heteroatoms. The van der Waals surface area contributed by atoms with Crippen molar-refractivity contribution < 1.29 is 9.66 Å². The summed E-state index contributed by atoms with van der Waals surface area (Å²) >= 11 is 1.66. The number of benzene rings is 2. The van der Waals surface area contributed by atoms with E-state index in [0.29, 0.717) is 23.7 Å². The third-order valence-corrected chi connectivity index (χ3v) is 6.58. The van der Waals surface area contributed by atoms with Crippen LogP contribution in [0, 0.1) is 30.9 Å². The highest BCUT2D eigenvalue weighted by Gasteiger charge is 2.15. The normalized spacial score (nSPS) is 11.3. The Labute approximate surface area is 187 Å². The molecular formula is C23H19N5O3S. The van der Waals surface area contributed by atoms with Crippen LogP contribution >= 0.6 is 11.3 Å². The first-order valence-corrected chi connectivity index (χ1v) is 10.8. The Morgan fingerprint density at radius 2 is 2.00 bits per heavy atom. The van der Waals surface area contributed by atoms with Gasteiger partial charge in [0.15, 0.2) is 11.5 Å². The molecule has 0 spiro atoms. The van der Waals surface area contributed by atoms with Crippen molar-refractivity contribution in [3.05, 3.63) is 80.5 Å². The molecule has 0 bridgehead atoms. The summed E-state index contributed by atoms with van der Waals surface area (Å²) in [4.78, 5) is 22.1. The van der Waals surface area contributed by atoms with Crippen molar-refractivity contribution in [2.75, 3.05) is 0 Å². The molecule has 160 valence electrons. The Bertz CT molecular complexity index is 1500. The third kappa shape index (κ3) is 3.46. The number of hydrogen-bond donors (Lipinski definition) is 0. The Morgan fingerprint density at radius 1 is 1.16 bits per heavy atom. The van der Waals surface area contributed by atoms with Gasteiger partial charge in [-0.15, -0.1) is 16.4 Å². The number of aryl methyl sites for hydroxylation is 3. The fraction of sp³-hybridized carbons (Fsp3) is 0.174. The molecule has 0 aliphatic heterocycles. The maximum Gasteiger partial charge on any atom is 0.272 e. The number of hydrogen-bond acceptors (Lipinski definition) is 7. The molecule has 0 amide bonds. The Balaban J connectivity index is 1.43. The Hall–Kier alpha value is -3.85. The number of fused-ring (bicyclic) bond motifs is 3. The number of ether oxygens (including phenoxy) is 1. The summed E-state index contributed by atoms with van der Waals surface area (Å²) in [5.41, 5.74) is 4.46. The number of nitrogens with zero attached hydrogens (tertiary/aromatic N) is 5. The average molecular weight is 446 g/mol. The van der Waals surface area contributed by atoms with E-state index in [9.17, 15) is 10.1 Å². The van der Waals surface area contributed by atoms with Crippen LogP contribution in [0.25, 0.3) is 27.3 Å². The molecule has 5 rings (SSSR count). The second-order valence-corrected chi connectivity index (χ2v) is 8.81. The van der Waals surface area contributed by atoms with Gasteiger partial charge in [0.1, 0.15) is 23.5 Å². The van der Waals surface area contributed by atoms with Crippen molar-refractivity contribution in [1.29, 1.82) is 0 Å². The van der Waals surface area contributed by atoms with E-state index < -0.39 is 4.92 Å². The van der Waals surface area contributed by atoms with E-state index in [1.165, 1.54) is 16.5 Å². The molecule has 8 nitrogen and oxygen atoms in total. The van der Waals surface area contributed by atoms with Crippen LogP contribution in [-0.2, 0) is 6.61 Å². The van der Waals surface area contributed by atoms with E-state index in [2.05, 4.69) is 23.9 Å². The lowest BCUT2D eigenvalue weighted by Crippen LogP contribution is -1.98. The second kappa shape index (κ2) is 7.69. The Morgan fingerprint density at radius 3 is 2.78 bits per heavy atom. The zero-order chi connectivity index (χ0) is 22.4. The molecule has 0 saturated carbocycles. The van der Waals surface area contributed by atoms with Crippen LogP contribution < -0.4 is 4.74 Å². The number of nitro benzene ring substituents is 1. The zero-order valence-electron chi connectivity index (χ0n) is 17.7. The van der Waals surface area contributed by atoms with Crippen molar-refractivity contribution in [3.63, 3.8) is 0 Å². The van der Waals surface area contributed by atoms with Gasteiger partial charge in [-0.25, -0.2) is 14.5 Å². The molecule has 0 aliphatic rings. The zero-order valence-corrected chi connectivity index (χ0v) is 18.5. The monoisotopic (exact) mass is 445 g/mol. The molecule has 0 atom stereocenters. The van der Waals surface area contributed by atoms with Gasteiger partial charge in [0.05, 0.1) is 10.3 Å². The fourth-order valence-electron chi connectivity index (χ4n) is 3.66. The quantitative estimate of drug-likeness (QED) is 0.265. The molecule has 5 aromatic rings. The second-order valence-electron chi connectivity index (χ2n) is 7.61. The van der Waals surface area contributed by atoms with Crippen LogP contribution in [0.15, 0.2) is 48.8 Å². The standard InChI is InChI=1S/C23H19N5O3S/c1-13-9-18(7-8-19(13)28(29)30)31-11-16-5-4-6-17(10-16)21-25-22-20-14(2)15(3)32-23(20)24-12-27(22)26-21/h4-10,12H,11H2,1-3H3. The van der Waals surface area contributed by atoms with Crippen molar-refractivity contribution in [3.8, 4) is 17.1 Å². The molecule has 0 saturated heterocycles. The van der Waals surface area contributed by atoms with E-state index in [1.807, 2.05) is 24.3 Å². The minimum Gasteiger partial charge on any atom is -0.489 e. The highest BCUT2D eigenvalue weighted by atomic mass is 32.1. The predicted molar refractivity (Wildman–Crippen MR) is 123 cm³/mol. The van der Waals surface area contributed by atoms with Gasteiger partial charge in [0.25, 0.3) is 5.69 Å². The smallest absolute Gasteiger partial charge is 0.272 e. The van der Waals surface area contributed by atoms with Crippen LogP contribution in [0.2, 0.25) is 0 Å². The van der Waals surface area contributed by atoms with Crippen molar-refractivity contribution in [1.82, 2.24) is 19.6 Å². The maximum atomic E-state index is 11.0. The van der Waals surface area contributed by atoms with Crippen LogP contribution in [0.1, 0.15) is 21.6 Å². The molecule has 3 aromatic heterocycles. The van der Waals surface area contributed by atoms with E-state index in [-0.39, 0.29) is 5.69 Å². The first kappa shape index (κ1) is 20.1. The molecule has 0 fully saturated rings. The summed E-state index contributed by atoms with van der Waals surface area (Å²) in [6.45, 7) is 6.20. The van der Waals surface area contributed by atoms with E-state index in [0.717, 1.165) is 27.0 Å². The van der Waals surface area contributed by atoms with Gasteiger partial charge < -0.3 is 4.74 Å². The summed E-state index contributed by atoms with van der Waals surface area (Å²) in [5.74, 6) is 1.21. The van der Waals surface area contributed by atoms with E-state index >= 15 is 0 Å². The summed E-state index contributed by atoms with van der Waals surface area (Å²) in [6, 6.07) is 12.6. The van der Waals surface area contributed by atoms with E-state index in [4.69, 9.17) is 9.72 Å². The summed E-state index contributed by atoms with van der Waals surface area (Å²) in [5, 5.41) is 16.7. The Kier molecular flexibility index (Phi) is 4.82. The van der Waals surface area contributed by atoms with Gasteiger partial charge in [-0.05, 0) is 50.1 Å². The van der Waals surface area contributed by atoms with Crippen LogP contribution in [0.3, 0.4) is 0 Å². The number of aromatic nitrogens is 4. The molecule has 32 heavy (non-hydrogen) atoms. The van der Waals surface area contributed by atoms with Gasteiger partial charge in [0.2, 0.25) is 0 Å². The van der Waals surface area contributed by atoms with Gasteiger partial charge in [0, 0.05) is 22.1 Å². The first-order valence-electron chi connectivity index (χ1n) is 9.99. The maximum absolute atomic E-state index is 11.0.